The summed E-state index contributed by atoms with van der Waals surface area (Å²) in [6, 6.07) is 10.4. The van der Waals surface area contributed by atoms with Crippen LogP contribution in [0.2, 0.25) is 0 Å². The molecule has 1 atom stereocenters. The molecule has 2 N–H and O–H groups in total. The average Bonchev–Trinajstić information content (AvgIpc) is 3.16. The van der Waals surface area contributed by atoms with Crippen molar-refractivity contribution in [3.05, 3.63) is 35.9 Å². The first-order valence-corrected chi connectivity index (χ1v) is 6.71. The van der Waals surface area contributed by atoms with E-state index in [1.54, 1.807) is 0 Å². The van der Waals surface area contributed by atoms with Gasteiger partial charge in [-0.05, 0) is 18.4 Å². The first-order valence-electron chi connectivity index (χ1n) is 6.71. The third-order valence-electron chi connectivity index (χ3n) is 3.55. The predicted molar refractivity (Wildman–Crippen MR) is 71.0 cm³/mol. The van der Waals surface area contributed by atoms with E-state index >= 15 is 0 Å². The molecule has 0 radical (unpaired) electrons. The molecule has 1 amide bonds. The van der Waals surface area contributed by atoms with Crippen LogP contribution in [0.15, 0.2) is 30.3 Å². The number of rotatable bonds is 8. The van der Waals surface area contributed by atoms with Crippen LogP contribution >= 0.6 is 0 Å². The van der Waals surface area contributed by atoms with Crippen LogP contribution in [0, 0.1) is 0 Å². The number of ether oxygens (including phenoxy) is 1. The van der Waals surface area contributed by atoms with Crippen LogP contribution in [0.5, 0.6) is 0 Å². The van der Waals surface area contributed by atoms with Gasteiger partial charge in [0.2, 0.25) is 5.91 Å². The highest BCUT2D eigenvalue weighted by atomic mass is 16.6. The van der Waals surface area contributed by atoms with Gasteiger partial charge in [-0.15, -0.1) is 0 Å². The van der Waals surface area contributed by atoms with Crippen molar-refractivity contribution < 1.29 is 9.53 Å². The van der Waals surface area contributed by atoms with E-state index in [0.29, 0.717) is 6.42 Å². The van der Waals surface area contributed by atoms with Crippen LogP contribution in [0.1, 0.15) is 44.1 Å². The Hall–Kier alpha value is -1.35. The molecule has 1 unspecified atom stereocenters. The third kappa shape index (κ3) is 3.57. The molecule has 0 aromatic heterocycles. The molecule has 1 aromatic carbocycles. The van der Waals surface area contributed by atoms with E-state index < -0.39 is 0 Å². The number of primary amides is 1. The van der Waals surface area contributed by atoms with Crippen molar-refractivity contribution in [2.75, 3.05) is 6.61 Å². The second-order valence-corrected chi connectivity index (χ2v) is 5.03. The highest BCUT2D eigenvalue weighted by molar-refractivity contribution is 5.73. The fourth-order valence-electron chi connectivity index (χ4n) is 2.35. The fourth-order valence-corrected chi connectivity index (χ4v) is 2.35. The number of unbranched alkanes of at least 4 members (excludes halogenated alkanes) is 3. The molecule has 18 heavy (non-hydrogen) atoms. The Morgan fingerprint density at radius 1 is 1.17 bits per heavy atom. The van der Waals surface area contributed by atoms with Crippen LogP contribution < -0.4 is 5.73 Å². The summed E-state index contributed by atoms with van der Waals surface area (Å²) in [6.07, 6.45) is 5.87. The monoisotopic (exact) mass is 247 g/mol. The zero-order valence-corrected chi connectivity index (χ0v) is 10.7. The van der Waals surface area contributed by atoms with Crippen molar-refractivity contribution in [1.29, 1.82) is 0 Å². The van der Waals surface area contributed by atoms with Crippen LogP contribution in [0.4, 0.5) is 0 Å². The highest BCUT2D eigenvalue weighted by Gasteiger charge is 2.45. The summed E-state index contributed by atoms with van der Waals surface area (Å²) in [4.78, 5) is 10.6. The van der Waals surface area contributed by atoms with Gasteiger partial charge in [-0.1, -0.05) is 49.6 Å². The molecule has 1 saturated heterocycles. The molecule has 1 aliphatic heterocycles. The van der Waals surface area contributed by atoms with Crippen LogP contribution in [-0.2, 0) is 15.1 Å². The zero-order valence-electron chi connectivity index (χ0n) is 10.7. The largest absolute Gasteiger partial charge is 0.370 e. The molecular weight excluding hydrogens is 226 g/mol. The van der Waals surface area contributed by atoms with Crippen LogP contribution in [-0.4, -0.2) is 12.5 Å². The summed E-state index contributed by atoms with van der Waals surface area (Å²) in [5.74, 6) is -0.193. The average molecular weight is 247 g/mol. The molecule has 3 nitrogen and oxygen atoms in total. The third-order valence-corrected chi connectivity index (χ3v) is 3.55. The number of benzene rings is 1. The summed E-state index contributed by atoms with van der Waals surface area (Å²) in [5.41, 5.74) is 6.39. The van der Waals surface area contributed by atoms with Gasteiger partial charge in [0.05, 0.1) is 6.61 Å². The number of amides is 1. The number of nitrogens with two attached hydrogens (primary N) is 1. The zero-order chi connectivity index (χ0) is 12.8. The molecule has 2 rings (SSSR count). The SMILES string of the molecule is NC(=O)CCCCCCC1(c2ccccc2)CO1. The van der Waals surface area contributed by atoms with Gasteiger partial charge in [-0.2, -0.15) is 0 Å². The van der Waals surface area contributed by atoms with Gasteiger partial charge in [-0.25, -0.2) is 0 Å². The van der Waals surface area contributed by atoms with Gasteiger partial charge in [-0.3, -0.25) is 4.79 Å². The van der Waals surface area contributed by atoms with Gasteiger partial charge >= 0.3 is 0 Å². The first-order chi connectivity index (χ1) is 8.73. The van der Waals surface area contributed by atoms with Gasteiger partial charge in [0.1, 0.15) is 5.60 Å². The van der Waals surface area contributed by atoms with E-state index in [4.69, 9.17) is 10.5 Å². The summed E-state index contributed by atoms with van der Waals surface area (Å²) < 4.78 is 5.65. The lowest BCUT2D eigenvalue weighted by Crippen LogP contribution is -2.10. The number of hydrogen-bond donors (Lipinski definition) is 1. The molecule has 0 saturated carbocycles. The Bertz CT molecular complexity index is 385. The minimum absolute atomic E-state index is 0.00898. The quantitative estimate of drug-likeness (QED) is 0.567. The lowest BCUT2D eigenvalue weighted by atomic mass is 9.93. The summed E-state index contributed by atoms with van der Waals surface area (Å²) >= 11 is 0. The molecule has 98 valence electrons. The second kappa shape index (κ2) is 6.01. The topological polar surface area (TPSA) is 55.6 Å². The maximum absolute atomic E-state index is 10.6. The van der Waals surface area contributed by atoms with E-state index in [1.165, 1.54) is 5.56 Å². The summed E-state index contributed by atoms with van der Waals surface area (Å²) in [7, 11) is 0. The Morgan fingerprint density at radius 3 is 2.44 bits per heavy atom. The van der Waals surface area contributed by atoms with E-state index in [1.807, 2.05) is 6.07 Å². The maximum atomic E-state index is 10.6. The molecule has 0 spiro atoms. The van der Waals surface area contributed by atoms with Crippen molar-refractivity contribution >= 4 is 5.91 Å². The Kier molecular flexibility index (Phi) is 4.37. The molecule has 1 aliphatic rings. The smallest absolute Gasteiger partial charge is 0.217 e. The van der Waals surface area contributed by atoms with E-state index in [-0.39, 0.29) is 11.5 Å². The molecule has 0 bridgehead atoms. The Labute approximate surface area is 108 Å². The normalized spacial score (nSPS) is 21.8. The maximum Gasteiger partial charge on any atom is 0.217 e. The van der Waals surface area contributed by atoms with E-state index in [0.717, 1.165) is 38.7 Å². The fraction of sp³-hybridized carbons (Fsp3) is 0.533. The van der Waals surface area contributed by atoms with E-state index in [9.17, 15) is 4.79 Å². The number of epoxide rings is 1. The number of hydrogen-bond acceptors (Lipinski definition) is 2. The highest BCUT2D eigenvalue weighted by Crippen LogP contribution is 2.43. The van der Waals surface area contributed by atoms with Crippen molar-refractivity contribution in [2.24, 2.45) is 5.73 Å². The number of carbonyl (C=O) groups excluding carboxylic acids is 1. The summed E-state index contributed by atoms with van der Waals surface area (Å²) in [6.45, 7) is 0.846. The van der Waals surface area contributed by atoms with Crippen LogP contribution in [0.3, 0.4) is 0 Å². The molecule has 1 aromatic rings. The van der Waals surface area contributed by atoms with Gasteiger partial charge in [0, 0.05) is 6.42 Å². The Balaban J connectivity index is 1.66. The molecule has 3 heteroatoms. The van der Waals surface area contributed by atoms with Gasteiger partial charge in [0.25, 0.3) is 0 Å². The van der Waals surface area contributed by atoms with Gasteiger partial charge < -0.3 is 10.5 Å². The predicted octanol–water partition coefficient (Wildman–Crippen LogP) is 2.74. The number of carbonyl (C=O) groups is 1. The lowest BCUT2D eigenvalue weighted by Gasteiger charge is -2.11. The van der Waals surface area contributed by atoms with E-state index in [2.05, 4.69) is 24.3 Å². The van der Waals surface area contributed by atoms with Crippen molar-refractivity contribution in [1.82, 2.24) is 0 Å². The molecule has 1 heterocycles. The molecular formula is C15H21NO2. The standard InChI is InChI=1S/C15H21NO2/c16-14(17)10-6-1-2-7-11-15(12-18-15)13-8-4-3-5-9-13/h3-5,8-9H,1-2,6-7,10-12H2,(H2,16,17). The Morgan fingerprint density at radius 2 is 1.83 bits per heavy atom. The van der Waals surface area contributed by atoms with Gasteiger partial charge in [0.15, 0.2) is 0 Å². The summed E-state index contributed by atoms with van der Waals surface area (Å²) in [5, 5.41) is 0. The van der Waals surface area contributed by atoms with Crippen molar-refractivity contribution in [3.8, 4) is 0 Å². The molecule has 0 aliphatic carbocycles. The van der Waals surface area contributed by atoms with Crippen molar-refractivity contribution in [3.63, 3.8) is 0 Å². The molecule has 1 fully saturated rings. The first kappa shape index (κ1) is 13.1. The minimum atomic E-state index is -0.193. The minimum Gasteiger partial charge on any atom is -0.370 e. The second-order valence-electron chi connectivity index (χ2n) is 5.03. The van der Waals surface area contributed by atoms with Crippen molar-refractivity contribution in [2.45, 2.75) is 44.1 Å². The lowest BCUT2D eigenvalue weighted by molar-refractivity contribution is -0.118. The van der Waals surface area contributed by atoms with Crippen LogP contribution in [0.25, 0.3) is 0 Å².